The van der Waals surface area contributed by atoms with E-state index in [-0.39, 0.29) is 23.9 Å². The Morgan fingerprint density at radius 1 is 1.24 bits per heavy atom. The molecule has 0 aromatic heterocycles. The zero-order valence-electron chi connectivity index (χ0n) is 16.2. The van der Waals surface area contributed by atoms with Crippen molar-refractivity contribution in [2.24, 2.45) is 0 Å². The summed E-state index contributed by atoms with van der Waals surface area (Å²) in [5, 5.41) is 2.92. The molecule has 0 unspecified atom stereocenters. The van der Waals surface area contributed by atoms with Gasteiger partial charge in [-0.1, -0.05) is 0 Å². The Balaban J connectivity index is 1.29. The van der Waals surface area contributed by atoms with E-state index in [1.165, 1.54) is 0 Å². The molecule has 0 saturated carbocycles. The zero-order valence-corrected chi connectivity index (χ0v) is 19.2. The minimum atomic E-state index is -0.321. The Labute approximate surface area is 188 Å². The van der Waals surface area contributed by atoms with Gasteiger partial charge in [-0.15, -0.1) is 11.8 Å². The van der Waals surface area contributed by atoms with Crippen molar-refractivity contribution in [3.05, 3.63) is 27.3 Å². The minimum absolute atomic E-state index is 0.0138. The number of hydrogen-bond acceptors (Lipinski definition) is 4. The molecule has 7 nitrogen and oxygen atoms in total. The first-order valence-electron chi connectivity index (χ1n) is 10.0. The lowest BCUT2D eigenvalue weighted by Gasteiger charge is -2.30. The number of hydrogen-bond donors (Lipinski definition) is 1. The van der Waals surface area contributed by atoms with E-state index in [2.05, 4.69) is 34.0 Å². The van der Waals surface area contributed by atoms with E-state index >= 15 is 0 Å². The Morgan fingerprint density at radius 3 is 2.83 bits per heavy atom. The van der Waals surface area contributed by atoms with Crippen molar-refractivity contribution in [2.75, 3.05) is 36.6 Å². The van der Waals surface area contributed by atoms with E-state index in [0.29, 0.717) is 37.6 Å². The molecule has 156 valence electrons. The first kappa shape index (κ1) is 20.8. The molecule has 4 rings (SSSR count). The number of halogens is 1. The molecule has 3 heterocycles. The molecular formula is C20H25IN4O3S. The van der Waals surface area contributed by atoms with E-state index in [0.717, 1.165) is 40.8 Å². The molecule has 2 fully saturated rings. The van der Waals surface area contributed by atoms with Crippen LogP contribution < -0.4 is 5.32 Å². The Kier molecular flexibility index (Phi) is 6.53. The van der Waals surface area contributed by atoms with Gasteiger partial charge in [-0.3, -0.25) is 9.59 Å². The second-order valence-electron chi connectivity index (χ2n) is 7.67. The number of thioether (sulfide) groups is 1. The lowest BCUT2D eigenvalue weighted by molar-refractivity contribution is -0.142. The molecule has 29 heavy (non-hydrogen) atoms. The fourth-order valence-corrected chi connectivity index (χ4v) is 5.80. The highest BCUT2D eigenvalue weighted by Crippen LogP contribution is 2.27. The highest BCUT2D eigenvalue weighted by Gasteiger charge is 2.37. The summed E-state index contributed by atoms with van der Waals surface area (Å²) in [6.45, 7) is 2.70. The molecular weight excluding hydrogens is 503 g/mol. The van der Waals surface area contributed by atoms with Gasteiger partial charge in [0.1, 0.15) is 6.04 Å². The molecule has 1 aromatic rings. The molecule has 4 amide bonds. The molecule has 2 saturated heterocycles. The number of rotatable bonds is 5. The second-order valence-corrected chi connectivity index (χ2v) is 9.91. The quantitative estimate of drug-likeness (QED) is 0.597. The lowest BCUT2D eigenvalue weighted by Crippen LogP contribution is -2.48. The van der Waals surface area contributed by atoms with Crippen molar-refractivity contribution in [3.63, 3.8) is 0 Å². The van der Waals surface area contributed by atoms with E-state index in [9.17, 15) is 14.4 Å². The monoisotopic (exact) mass is 528 g/mol. The van der Waals surface area contributed by atoms with Gasteiger partial charge in [-0.25, -0.2) is 4.79 Å². The number of nitrogens with one attached hydrogen (secondary N) is 1. The van der Waals surface area contributed by atoms with Crippen molar-refractivity contribution in [1.82, 2.24) is 14.7 Å². The SMILES string of the molecule is O=C1Nc2ccc(I)cc2CN1CCCC(=O)N1CSC[C@H]1C(=O)N1CCCC1. The van der Waals surface area contributed by atoms with Gasteiger partial charge in [0.05, 0.1) is 5.88 Å². The maximum atomic E-state index is 12.8. The van der Waals surface area contributed by atoms with Gasteiger partial charge in [-0.05, 0) is 65.6 Å². The maximum absolute atomic E-state index is 12.8. The van der Waals surface area contributed by atoms with E-state index in [1.54, 1.807) is 21.6 Å². The molecule has 9 heteroatoms. The minimum Gasteiger partial charge on any atom is -0.341 e. The summed E-state index contributed by atoms with van der Waals surface area (Å²) < 4.78 is 1.13. The highest BCUT2D eigenvalue weighted by atomic mass is 127. The predicted octanol–water partition coefficient (Wildman–Crippen LogP) is 2.94. The second kappa shape index (κ2) is 9.11. The van der Waals surface area contributed by atoms with Crippen molar-refractivity contribution in [1.29, 1.82) is 0 Å². The number of amides is 4. The van der Waals surface area contributed by atoms with Crippen molar-refractivity contribution in [2.45, 2.75) is 38.3 Å². The van der Waals surface area contributed by atoms with Gasteiger partial charge >= 0.3 is 6.03 Å². The first-order chi connectivity index (χ1) is 14.0. The van der Waals surface area contributed by atoms with E-state index in [1.807, 2.05) is 17.0 Å². The normalized spacial score (nSPS) is 21.3. The van der Waals surface area contributed by atoms with Crippen LogP contribution in [0.3, 0.4) is 0 Å². The highest BCUT2D eigenvalue weighted by molar-refractivity contribution is 14.1. The van der Waals surface area contributed by atoms with Crippen LogP contribution in [-0.4, -0.2) is 69.9 Å². The van der Waals surface area contributed by atoms with Crippen LogP contribution in [0.15, 0.2) is 18.2 Å². The fraction of sp³-hybridized carbons (Fsp3) is 0.550. The smallest absolute Gasteiger partial charge is 0.322 e. The maximum Gasteiger partial charge on any atom is 0.322 e. The molecule has 3 aliphatic rings. The number of likely N-dealkylation sites (tertiary alicyclic amines) is 1. The molecule has 1 aromatic carbocycles. The van der Waals surface area contributed by atoms with Gasteiger partial charge in [0.2, 0.25) is 11.8 Å². The number of nitrogens with zero attached hydrogens (tertiary/aromatic N) is 3. The summed E-state index contributed by atoms with van der Waals surface area (Å²) in [5.74, 6) is 1.38. The van der Waals surface area contributed by atoms with Crippen LogP contribution in [0, 0.1) is 3.57 Å². The van der Waals surface area contributed by atoms with Crippen LogP contribution in [0.1, 0.15) is 31.2 Å². The summed E-state index contributed by atoms with van der Waals surface area (Å²) in [5.41, 5.74) is 1.95. The number of benzene rings is 1. The first-order valence-corrected chi connectivity index (χ1v) is 12.3. The third-order valence-corrected chi connectivity index (χ3v) is 7.36. The summed E-state index contributed by atoms with van der Waals surface area (Å²) >= 11 is 3.91. The Bertz CT molecular complexity index is 815. The molecule has 3 aliphatic heterocycles. The number of carbonyl (C=O) groups is 3. The third kappa shape index (κ3) is 4.65. The fourth-order valence-electron chi connectivity index (χ4n) is 4.07. The largest absolute Gasteiger partial charge is 0.341 e. The van der Waals surface area contributed by atoms with Crippen LogP contribution >= 0.6 is 34.4 Å². The van der Waals surface area contributed by atoms with Crippen molar-refractivity contribution < 1.29 is 14.4 Å². The van der Waals surface area contributed by atoms with E-state index in [4.69, 9.17) is 0 Å². The summed E-state index contributed by atoms with van der Waals surface area (Å²) in [7, 11) is 0. The zero-order chi connectivity index (χ0) is 20.4. The summed E-state index contributed by atoms with van der Waals surface area (Å²) in [4.78, 5) is 43.2. The third-order valence-electron chi connectivity index (χ3n) is 5.68. The summed E-state index contributed by atoms with van der Waals surface area (Å²) in [6, 6.07) is 5.53. The average Bonchev–Trinajstić information content (AvgIpc) is 3.40. The number of anilines is 1. The van der Waals surface area contributed by atoms with Crippen LogP contribution in [0.5, 0.6) is 0 Å². The standard InChI is InChI=1S/C20H25IN4O3S/c21-15-5-6-16-14(10-15)11-24(20(28)22-16)9-3-4-18(26)25-13-29-12-17(25)19(27)23-7-1-2-8-23/h5-6,10,17H,1-4,7-9,11-13H2,(H,22,28)/t17-/m0/s1. The van der Waals surface area contributed by atoms with Gasteiger partial charge in [0, 0.05) is 47.6 Å². The topological polar surface area (TPSA) is 73.0 Å². The Hall–Kier alpha value is -1.49. The molecule has 0 aliphatic carbocycles. The predicted molar refractivity (Wildman–Crippen MR) is 122 cm³/mol. The van der Waals surface area contributed by atoms with Crippen LogP contribution in [0.25, 0.3) is 0 Å². The van der Waals surface area contributed by atoms with Gasteiger partial charge in [-0.2, -0.15) is 0 Å². The van der Waals surface area contributed by atoms with Crippen LogP contribution in [0.2, 0.25) is 0 Å². The Morgan fingerprint density at radius 2 is 2.03 bits per heavy atom. The van der Waals surface area contributed by atoms with Gasteiger partial charge < -0.3 is 20.0 Å². The average molecular weight is 528 g/mol. The molecule has 0 radical (unpaired) electrons. The van der Waals surface area contributed by atoms with E-state index < -0.39 is 0 Å². The molecule has 1 atom stereocenters. The summed E-state index contributed by atoms with van der Waals surface area (Å²) in [6.07, 6.45) is 3.06. The lowest BCUT2D eigenvalue weighted by atomic mass is 10.1. The van der Waals surface area contributed by atoms with Crippen molar-refractivity contribution in [3.8, 4) is 0 Å². The van der Waals surface area contributed by atoms with Gasteiger partial charge in [0.25, 0.3) is 0 Å². The number of fused-ring (bicyclic) bond motifs is 1. The molecule has 1 N–H and O–H groups in total. The molecule has 0 bridgehead atoms. The number of urea groups is 1. The van der Waals surface area contributed by atoms with Crippen molar-refractivity contribution >= 4 is 57.9 Å². The number of carbonyl (C=O) groups excluding carboxylic acids is 3. The van der Waals surface area contributed by atoms with Crippen LogP contribution in [-0.2, 0) is 16.1 Å². The molecule has 0 spiro atoms. The van der Waals surface area contributed by atoms with Gasteiger partial charge in [0.15, 0.2) is 0 Å². The van der Waals surface area contributed by atoms with Crippen LogP contribution in [0.4, 0.5) is 10.5 Å².